The van der Waals surface area contributed by atoms with Crippen LogP contribution in [-0.2, 0) is 0 Å². The van der Waals surface area contributed by atoms with Gasteiger partial charge in [-0.15, -0.1) is 0 Å². The molecule has 2 aliphatic rings. The summed E-state index contributed by atoms with van der Waals surface area (Å²) in [6, 6.07) is 11.6. The molecule has 1 N–H and O–H groups in total. The number of nitrogens with one attached hydrogen (secondary N) is 1. The third-order valence-electron chi connectivity index (χ3n) is 5.75. The molecule has 4 rings (SSSR count). The molecule has 1 saturated carbocycles. The normalized spacial score (nSPS) is 24.0. The quantitative estimate of drug-likeness (QED) is 0.771. The Morgan fingerprint density at radius 1 is 1.15 bits per heavy atom. The summed E-state index contributed by atoms with van der Waals surface area (Å²) in [5.41, 5.74) is 2.43. The molecule has 2 aromatic rings. The Bertz CT molecular complexity index is 735. The van der Waals surface area contributed by atoms with Crippen LogP contribution >= 0.6 is 12.2 Å². The summed E-state index contributed by atoms with van der Waals surface area (Å²) in [7, 11) is 0. The molecule has 0 bridgehead atoms. The molecule has 2 aromatic heterocycles. The lowest BCUT2D eigenvalue weighted by atomic mass is 9.94. The summed E-state index contributed by atoms with van der Waals surface area (Å²) in [6.45, 7) is 3.18. The Labute approximate surface area is 161 Å². The summed E-state index contributed by atoms with van der Waals surface area (Å²) < 4.78 is 2.53. The van der Waals surface area contributed by atoms with E-state index < -0.39 is 0 Å². The van der Waals surface area contributed by atoms with Crippen molar-refractivity contribution in [3.05, 3.63) is 54.1 Å². The average molecular weight is 369 g/mol. The Morgan fingerprint density at radius 2 is 2.00 bits per heavy atom. The standard InChI is InChI=1S/C21H28N4S/c1-2-14-25-20(19(23-21(25)26)17-11-6-7-13-22-17)18-12-8-15-24(18)16-9-4-3-5-10-16/h6-8,11-13,15-16,19-20H,2-5,9-10,14H2,1H3,(H,23,26)/t19-,20-/m1/s1. The largest absolute Gasteiger partial charge is 0.352 e. The molecule has 1 aliphatic heterocycles. The van der Waals surface area contributed by atoms with Gasteiger partial charge in [0.2, 0.25) is 0 Å². The molecule has 2 fully saturated rings. The fourth-order valence-electron chi connectivity index (χ4n) is 4.56. The third-order valence-corrected chi connectivity index (χ3v) is 6.10. The van der Waals surface area contributed by atoms with E-state index in [2.05, 4.69) is 57.2 Å². The zero-order valence-electron chi connectivity index (χ0n) is 15.5. The minimum absolute atomic E-state index is 0.104. The first-order chi connectivity index (χ1) is 12.8. The number of nitrogens with zero attached hydrogens (tertiary/aromatic N) is 3. The minimum atomic E-state index is 0.104. The molecule has 0 spiro atoms. The van der Waals surface area contributed by atoms with Crippen molar-refractivity contribution < 1.29 is 0 Å². The highest BCUT2D eigenvalue weighted by molar-refractivity contribution is 7.80. The lowest BCUT2D eigenvalue weighted by molar-refractivity contribution is 0.280. The van der Waals surface area contributed by atoms with E-state index in [-0.39, 0.29) is 12.1 Å². The highest BCUT2D eigenvalue weighted by Crippen LogP contribution is 2.41. The van der Waals surface area contributed by atoms with Crippen LogP contribution in [0.2, 0.25) is 0 Å². The molecule has 0 aromatic carbocycles. The molecule has 1 aliphatic carbocycles. The Kier molecular flexibility index (Phi) is 5.25. The predicted molar refractivity (Wildman–Crippen MR) is 109 cm³/mol. The zero-order chi connectivity index (χ0) is 17.9. The molecule has 4 nitrogen and oxygen atoms in total. The van der Waals surface area contributed by atoms with Crippen molar-refractivity contribution in [3.8, 4) is 0 Å². The van der Waals surface area contributed by atoms with E-state index in [0.717, 1.165) is 23.8 Å². The van der Waals surface area contributed by atoms with Crippen LogP contribution in [0.25, 0.3) is 0 Å². The van der Waals surface area contributed by atoms with Gasteiger partial charge in [0.25, 0.3) is 0 Å². The molecular weight excluding hydrogens is 340 g/mol. The number of hydrogen-bond donors (Lipinski definition) is 1. The molecule has 0 unspecified atom stereocenters. The molecule has 138 valence electrons. The van der Waals surface area contributed by atoms with E-state index in [9.17, 15) is 0 Å². The first-order valence-electron chi connectivity index (χ1n) is 9.94. The van der Waals surface area contributed by atoms with Crippen molar-refractivity contribution in [2.45, 2.75) is 63.6 Å². The summed E-state index contributed by atoms with van der Waals surface area (Å²) >= 11 is 5.71. The second-order valence-corrected chi connectivity index (χ2v) is 7.84. The van der Waals surface area contributed by atoms with Gasteiger partial charge in [-0.2, -0.15) is 0 Å². The predicted octanol–water partition coefficient (Wildman–Crippen LogP) is 4.77. The molecule has 2 atom stereocenters. The van der Waals surface area contributed by atoms with Gasteiger partial charge in [0, 0.05) is 30.7 Å². The van der Waals surface area contributed by atoms with Crippen LogP contribution in [0.1, 0.15) is 75.0 Å². The van der Waals surface area contributed by atoms with E-state index >= 15 is 0 Å². The van der Waals surface area contributed by atoms with Crippen molar-refractivity contribution >= 4 is 17.3 Å². The molecule has 1 saturated heterocycles. The van der Waals surface area contributed by atoms with Gasteiger partial charge in [0.1, 0.15) is 0 Å². The fraction of sp³-hybridized carbons (Fsp3) is 0.524. The maximum absolute atomic E-state index is 5.71. The lowest BCUT2D eigenvalue weighted by Gasteiger charge is -2.32. The molecule has 3 heterocycles. The first kappa shape index (κ1) is 17.5. The summed E-state index contributed by atoms with van der Waals surface area (Å²) in [6.07, 6.45) is 11.9. The molecular formula is C21H28N4S. The summed E-state index contributed by atoms with van der Waals surface area (Å²) in [4.78, 5) is 7.00. The molecule has 26 heavy (non-hydrogen) atoms. The maximum Gasteiger partial charge on any atom is 0.170 e. The Hall–Kier alpha value is -1.88. The van der Waals surface area contributed by atoms with Crippen LogP contribution in [0.15, 0.2) is 42.7 Å². The first-order valence-corrected chi connectivity index (χ1v) is 10.3. The number of rotatable bonds is 5. The van der Waals surface area contributed by atoms with Crippen LogP contribution in [0.4, 0.5) is 0 Å². The Morgan fingerprint density at radius 3 is 2.73 bits per heavy atom. The number of aromatic nitrogens is 2. The van der Waals surface area contributed by atoms with Gasteiger partial charge in [-0.3, -0.25) is 4.98 Å². The van der Waals surface area contributed by atoms with Crippen molar-refractivity contribution in [1.82, 2.24) is 19.8 Å². The highest BCUT2D eigenvalue weighted by atomic mass is 32.1. The van der Waals surface area contributed by atoms with Gasteiger partial charge < -0.3 is 14.8 Å². The van der Waals surface area contributed by atoms with Gasteiger partial charge in [-0.05, 0) is 55.7 Å². The van der Waals surface area contributed by atoms with Crippen molar-refractivity contribution in [1.29, 1.82) is 0 Å². The fourth-order valence-corrected chi connectivity index (χ4v) is 4.89. The molecule has 0 amide bonds. The summed E-state index contributed by atoms with van der Waals surface area (Å²) in [5, 5.41) is 4.41. The second-order valence-electron chi connectivity index (χ2n) is 7.45. The number of thiocarbonyl (C=S) groups is 1. The monoisotopic (exact) mass is 368 g/mol. The summed E-state index contributed by atoms with van der Waals surface area (Å²) in [5.74, 6) is 0. The van der Waals surface area contributed by atoms with Gasteiger partial charge in [0.05, 0.1) is 17.8 Å². The second kappa shape index (κ2) is 7.78. The van der Waals surface area contributed by atoms with Crippen molar-refractivity contribution in [2.24, 2.45) is 0 Å². The smallest absolute Gasteiger partial charge is 0.170 e. The van der Waals surface area contributed by atoms with Crippen LogP contribution in [0.5, 0.6) is 0 Å². The van der Waals surface area contributed by atoms with Crippen molar-refractivity contribution in [2.75, 3.05) is 6.54 Å². The number of pyridine rings is 1. The Balaban J connectivity index is 1.72. The van der Waals surface area contributed by atoms with Gasteiger partial charge >= 0.3 is 0 Å². The van der Waals surface area contributed by atoms with E-state index in [1.807, 2.05) is 12.3 Å². The maximum atomic E-state index is 5.71. The minimum Gasteiger partial charge on any atom is -0.352 e. The van der Waals surface area contributed by atoms with Crippen LogP contribution in [0, 0.1) is 0 Å². The SMILES string of the molecule is CCCN1C(=S)N[C@H](c2ccccn2)[C@H]1c1cccn1C1CCCCC1. The zero-order valence-corrected chi connectivity index (χ0v) is 16.3. The van der Waals surface area contributed by atoms with Gasteiger partial charge in [-0.25, -0.2) is 0 Å². The van der Waals surface area contributed by atoms with Gasteiger partial charge in [-0.1, -0.05) is 32.3 Å². The molecule has 0 radical (unpaired) electrons. The van der Waals surface area contributed by atoms with Crippen LogP contribution in [0.3, 0.4) is 0 Å². The average Bonchev–Trinajstić information content (AvgIpc) is 3.28. The van der Waals surface area contributed by atoms with E-state index in [1.165, 1.54) is 37.8 Å². The van der Waals surface area contributed by atoms with E-state index in [4.69, 9.17) is 12.2 Å². The van der Waals surface area contributed by atoms with Crippen molar-refractivity contribution in [3.63, 3.8) is 0 Å². The third kappa shape index (κ3) is 3.25. The topological polar surface area (TPSA) is 33.1 Å². The van der Waals surface area contributed by atoms with E-state index in [1.54, 1.807) is 0 Å². The van der Waals surface area contributed by atoms with Crippen LogP contribution < -0.4 is 5.32 Å². The van der Waals surface area contributed by atoms with Crippen LogP contribution in [-0.4, -0.2) is 26.1 Å². The number of hydrogen-bond acceptors (Lipinski definition) is 2. The van der Waals surface area contributed by atoms with Gasteiger partial charge in [0.15, 0.2) is 5.11 Å². The lowest BCUT2D eigenvalue weighted by Crippen LogP contribution is -2.31. The van der Waals surface area contributed by atoms with E-state index in [0.29, 0.717) is 6.04 Å². The molecule has 5 heteroatoms. The highest BCUT2D eigenvalue weighted by Gasteiger charge is 2.41.